The summed E-state index contributed by atoms with van der Waals surface area (Å²) in [7, 11) is 0. The lowest BCUT2D eigenvalue weighted by Crippen LogP contribution is -2.02. The van der Waals surface area contributed by atoms with E-state index < -0.39 is 0 Å². The first-order valence-corrected chi connectivity index (χ1v) is 4.98. The molecule has 0 N–H and O–H groups in total. The third-order valence-corrected chi connectivity index (χ3v) is 2.92. The summed E-state index contributed by atoms with van der Waals surface area (Å²) in [6.45, 7) is 1.42. The third kappa shape index (κ3) is 2.53. The zero-order valence-electron chi connectivity index (χ0n) is 6.46. The van der Waals surface area contributed by atoms with Crippen LogP contribution in [0.1, 0.15) is 23.0 Å². The van der Waals surface area contributed by atoms with E-state index in [0.717, 1.165) is 3.79 Å². The standard InChI is InChI=1S/C8H7BrO2S/c1-5(10)4-6(11)7-2-3-8(9)12-7/h2-3H,4H2,1H3. The van der Waals surface area contributed by atoms with Crippen molar-refractivity contribution in [2.75, 3.05) is 0 Å². The molecule has 12 heavy (non-hydrogen) atoms. The van der Waals surface area contributed by atoms with E-state index >= 15 is 0 Å². The molecule has 1 aromatic rings. The average Bonchev–Trinajstić information content (AvgIpc) is 2.34. The molecular formula is C8H7BrO2S. The Morgan fingerprint density at radius 3 is 2.58 bits per heavy atom. The Morgan fingerprint density at radius 2 is 2.17 bits per heavy atom. The van der Waals surface area contributed by atoms with Crippen LogP contribution in [-0.4, -0.2) is 11.6 Å². The van der Waals surface area contributed by atoms with Crippen LogP contribution in [0.4, 0.5) is 0 Å². The number of carbonyl (C=O) groups is 2. The van der Waals surface area contributed by atoms with Gasteiger partial charge in [-0.2, -0.15) is 0 Å². The molecule has 1 rings (SSSR count). The van der Waals surface area contributed by atoms with Crippen molar-refractivity contribution in [2.24, 2.45) is 0 Å². The molecule has 0 radical (unpaired) electrons. The zero-order chi connectivity index (χ0) is 9.14. The van der Waals surface area contributed by atoms with E-state index in [9.17, 15) is 9.59 Å². The molecule has 0 aliphatic heterocycles. The number of halogens is 1. The van der Waals surface area contributed by atoms with Gasteiger partial charge in [-0.05, 0) is 35.0 Å². The van der Waals surface area contributed by atoms with E-state index in [1.165, 1.54) is 18.3 Å². The van der Waals surface area contributed by atoms with E-state index in [1.807, 2.05) is 0 Å². The molecule has 64 valence electrons. The lowest BCUT2D eigenvalue weighted by Gasteiger charge is -1.90. The second-order valence-electron chi connectivity index (χ2n) is 2.41. The van der Waals surface area contributed by atoms with Crippen LogP contribution in [0.2, 0.25) is 0 Å². The maximum atomic E-state index is 11.2. The van der Waals surface area contributed by atoms with Crippen LogP contribution in [0.3, 0.4) is 0 Å². The van der Waals surface area contributed by atoms with Crippen molar-refractivity contribution in [1.29, 1.82) is 0 Å². The fourth-order valence-electron chi connectivity index (χ4n) is 0.777. The summed E-state index contributed by atoms with van der Waals surface area (Å²) in [5.74, 6) is -0.192. The Hall–Kier alpha value is -0.480. The summed E-state index contributed by atoms with van der Waals surface area (Å²) >= 11 is 4.60. The van der Waals surface area contributed by atoms with Gasteiger partial charge in [0.25, 0.3) is 0 Å². The second-order valence-corrected chi connectivity index (χ2v) is 4.87. The van der Waals surface area contributed by atoms with Gasteiger partial charge in [-0.1, -0.05) is 0 Å². The minimum atomic E-state index is -0.0989. The lowest BCUT2D eigenvalue weighted by molar-refractivity contribution is -0.116. The molecule has 4 heteroatoms. The lowest BCUT2D eigenvalue weighted by atomic mass is 10.2. The van der Waals surface area contributed by atoms with Gasteiger partial charge in [-0.15, -0.1) is 11.3 Å². The second kappa shape index (κ2) is 3.96. The van der Waals surface area contributed by atoms with Crippen LogP contribution in [0, 0.1) is 0 Å². The Kier molecular flexibility index (Phi) is 3.17. The molecule has 0 atom stereocenters. The average molecular weight is 247 g/mol. The van der Waals surface area contributed by atoms with Gasteiger partial charge < -0.3 is 0 Å². The molecule has 1 heterocycles. The summed E-state index contributed by atoms with van der Waals surface area (Å²) < 4.78 is 0.911. The number of hydrogen-bond donors (Lipinski definition) is 0. The Morgan fingerprint density at radius 1 is 1.50 bits per heavy atom. The molecule has 0 aliphatic rings. The summed E-state index contributed by atoms with van der Waals surface area (Å²) in [4.78, 5) is 22.5. The largest absolute Gasteiger partial charge is 0.300 e. The van der Waals surface area contributed by atoms with E-state index in [2.05, 4.69) is 15.9 Å². The molecule has 2 nitrogen and oxygen atoms in total. The fraction of sp³-hybridized carbons (Fsp3) is 0.250. The number of hydrogen-bond acceptors (Lipinski definition) is 3. The molecule has 0 aliphatic carbocycles. The summed E-state index contributed by atoms with van der Waals surface area (Å²) in [5.41, 5.74) is 0. The highest BCUT2D eigenvalue weighted by atomic mass is 79.9. The van der Waals surface area contributed by atoms with Crippen molar-refractivity contribution < 1.29 is 9.59 Å². The van der Waals surface area contributed by atoms with Crippen molar-refractivity contribution in [3.8, 4) is 0 Å². The first kappa shape index (κ1) is 9.61. The van der Waals surface area contributed by atoms with Gasteiger partial charge in [0.2, 0.25) is 0 Å². The number of Topliss-reactive ketones (excluding diaryl/α,β-unsaturated/α-hetero) is 2. The smallest absolute Gasteiger partial charge is 0.180 e. The van der Waals surface area contributed by atoms with Crippen LogP contribution < -0.4 is 0 Å². The SMILES string of the molecule is CC(=O)CC(=O)c1ccc(Br)s1. The maximum Gasteiger partial charge on any atom is 0.180 e. The van der Waals surface area contributed by atoms with Gasteiger partial charge in [0, 0.05) is 0 Å². The highest BCUT2D eigenvalue weighted by Crippen LogP contribution is 2.23. The molecule has 0 unspecified atom stereocenters. The van der Waals surface area contributed by atoms with Gasteiger partial charge in [-0.3, -0.25) is 9.59 Å². The first-order valence-electron chi connectivity index (χ1n) is 3.37. The van der Waals surface area contributed by atoms with Crippen LogP contribution in [0.25, 0.3) is 0 Å². The molecule has 0 aromatic carbocycles. The van der Waals surface area contributed by atoms with Crippen molar-refractivity contribution in [1.82, 2.24) is 0 Å². The normalized spacial score (nSPS) is 9.83. The summed E-state index contributed by atoms with van der Waals surface area (Å²) in [6.07, 6.45) is 0.00690. The van der Waals surface area contributed by atoms with Gasteiger partial charge >= 0.3 is 0 Å². The van der Waals surface area contributed by atoms with Gasteiger partial charge in [0.15, 0.2) is 5.78 Å². The van der Waals surface area contributed by atoms with Crippen molar-refractivity contribution in [3.63, 3.8) is 0 Å². The monoisotopic (exact) mass is 246 g/mol. The maximum absolute atomic E-state index is 11.2. The number of rotatable bonds is 3. The van der Waals surface area contributed by atoms with Crippen molar-refractivity contribution >= 4 is 38.8 Å². The Balaban J connectivity index is 2.72. The van der Waals surface area contributed by atoms with Crippen LogP contribution >= 0.6 is 27.3 Å². The molecule has 0 saturated heterocycles. The molecule has 0 amide bonds. The molecule has 0 saturated carbocycles. The van der Waals surface area contributed by atoms with Crippen LogP contribution in [-0.2, 0) is 4.79 Å². The van der Waals surface area contributed by atoms with Gasteiger partial charge in [0.1, 0.15) is 5.78 Å². The Bertz CT molecular complexity index is 317. The van der Waals surface area contributed by atoms with Gasteiger partial charge in [-0.25, -0.2) is 0 Å². The third-order valence-electron chi connectivity index (χ3n) is 1.26. The molecule has 0 spiro atoms. The Labute approximate surface area is 82.7 Å². The number of carbonyl (C=O) groups excluding carboxylic acids is 2. The predicted molar refractivity (Wildman–Crippen MR) is 51.6 cm³/mol. The van der Waals surface area contributed by atoms with Crippen molar-refractivity contribution in [3.05, 3.63) is 20.8 Å². The quantitative estimate of drug-likeness (QED) is 0.607. The number of ketones is 2. The molecule has 1 aromatic heterocycles. The molecular weight excluding hydrogens is 240 g/mol. The van der Waals surface area contributed by atoms with Crippen molar-refractivity contribution in [2.45, 2.75) is 13.3 Å². The van der Waals surface area contributed by atoms with Crippen LogP contribution in [0.5, 0.6) is 0 Å². The first-order chi connectivity index (χ1) is 5.59. The fourth-order valence-corrected chi connectivity index (χ4v) is 2.10. The predicted octanol–water partition coefficient (Wildman–Crippen LogP) is 2.67. The minimum Gasteiger partial charge on any atom is -0.300 e. The highest BCUT2D eigenvalue weighted by molar-refractivity contribution is 9.11. The van der Waals surface area contributed by atoms with Gasteiger partial charge in [0.05, 0.1) is 15.1 Å². The minimum absolute atomic E-state index is 0.00690. The zero-order valence-corrected chi connectivity index (χ0v) is 8.87. The topological polar surface area (TPSA) is 34.1 Å². The summed E-state index contributed by atoms with van der Waals surface area (Å²) in [5, 5.41) is 0. The summed E-state index contributed by atoms with van der Waals surface area (Å²) in [6, 6.07) is 3.53. The highest BCUT2D eigenvalue weighted by Gasteiger charge is 2.10. The molecule has 0 fully saturated rings. The van der Waals surface area contributed by atoms with E-state index in [1.54, 1.807) is 12.1 Å². The molecule has 0 bridgehead atoms. The van der Waals surface area contributed by atoms with E-state index in [-0.39, 0.29) is 18.0 Å². The van der Waals surface area contributed by atoms with Crippen LogP contribution in [0.15, 0.2) is 15.9 Å². The van der Waals surface area contributed by atoms with E-state index in [0.29, 0.717) is 4.88 Å². The van der Waals surface area contributed by atoms with E-state index in [4.69, 9.17) is 0 Å². The number of thiophene rings is 1.